The highest BCUT2D eigenvalue weighted by atomic mass is 35.5. The van der Waals surface area contributed by atoms with Crippen LogP contribution in [0.25, 0.3) is 10.9 Å². The van der Waals surface area contributed by atoms with E-state index in [1.807, 2.05) is 6.07 Å². The fourth-order valence-electron chi connectivity index (χ4n) is 1.87. The van der Waals surface area contributed by atoms with Gasteiger partial charge in [-0.15, -0.1) is 10.2 Å². The molecule has 1 aromatic carbocycles. The quantitative estimate of drug-likeness (QED) is 0.788. The van der Waals surface area contributed by atoms with Crippen molar-refractivity contribution in [1.29, 1.82) is 0 Å². The molecule has 20 heavy (non-hydrogen) atoms. The van der Waals surface area contributed by atoms with Gasteiger partial charge in [-0.1, -0.05) is 22.9 Å². The van der Waals surface area contributed by atoms with Gasteiger partial charge in [0.05, 0.1) is 16.8 Å². The van der Waals surface area contributed by atoms with E-state index in [-0.39, 0.29) is 5.91 Å². The van der Waals surface area contributed by atoms with Gasteiger partial charge in [0.1, 0.15) is 5.51 Å². The Hall–Kier alpha value is -2.05. The highest BCUT2D eigenvalue weighted by molar-refractivity contribution is 7.13. The largest absolute Gasteiger partial charge is 0.296 e. The van der Waals surface area contributed by atoms with Gasteiger partial charge in [0.25, 0.3) is 5.91 Å². The van der Waals surface area contributed by atoms with Crippen LogP contribution in [0.1, 0.15) is 16.1 Å². The molecule has 0 atom stereocenters. The number of hydrogen-bond donors (Lipinski definition) is 1. The van der Waals surface area contributed by atoms with Gasteiger partial charge in [-0.25, -0.2) is 0 Å². The molecule has 100 valence electrons. The number of pyridine rings is 1. The van der Waals surface area contributed by atoms with E-state index in [4.69, 9.17) is 11.6 Å². The molecule has 0 aliphatic heterocycles. The molecule has 0 saturated carbocycles. The number of nitrogens with one attached hydrogen (secondary N) is 1. The Morgan fingerprint density at radius 1 is 1.35 bits per heavy atom. The van der Waals surface area contributed by atoms with Crippen LogP contribution in [0.5, 0.6) is 0 Å². The number of anilines is 1. The van der Waals surface area contributed by atoms with Crippen LogP contribution < -0.4 is 5.32 Å². The third-order valence-corrected chi connectivity index (χ3v) is 3.63. The van der Waals surface area contributed by atoms with Crippen LogP contribution in [0, 0.1) is 6.92 Å². The summed E-state index contributed by atoms with van der Waals surface area (Å²) in [4.78, 5) is 16.6. The van der Waals surface area contributed by atoms with Crippen molar-refractivity contribution in [1.82, 2.24) is 15.2 Å². The number of amides is 1. The normalized spacial score (nSPS) is 10.7. The number of rotatable bonds is 2. The van der Waals surface area contributed by atoms with E-state index in [2.05, 4.69) is 20.5 Å². The molecule has 0 radical (unpaired) electrons. The van der Waals surface area contributed by atoms with E-state index in [9.17, 15) is 4.79 Å². The maximum Gasteiger partial charge on any atom is 0.259 e. The molecule has 1 amide bonds. The number of aryl methyl sites for hydroxylation is 1. The molecule has 0 spiro atoms. The summed E-state index contributed by atoms with van der Waals surface area (Å²) >= 11 is 7.22. The lowest BCUT2D eigenvalue weighted by Gasteiger charge is -2.07. The minimum absolute atomic E-state index is 0.256. The van der Waals surface area contributed by atoms with Crippen LogP contribution in [-0.2, 0) is 0 Å². The third kappa shape index (κ3) is 2.48. The minimum Gasteiger partial charge on any atom is -0.296 e. The molecule has 2 heterocycles. The predicted molar refractivity (Wildman–Crippen MR) is 79.4 cm³/mol. The Labute approximate surface area is 123 Å². The van der Waals surface area contributed by atoms with E-state index in [1.54, 1.807) is 30.6 Å². The number of benzene rings is 1. The first kappa shape index (κ1) is 13.0. The van der Waals surface area contributed by atoms with Crippen LogP contribution in [0.4, 0.5) is 5.13 Å². The topological polar surface area (TPSA) is 67.8 Å². The number of carbonyl (C=O) groups excluding carboxylic acids is 1. The molecule has 7 heteroatoms. The molecule has 0 saturated heterocycles. The van der Waals surface area contributed by atoms with Gasteiger partial charge in [0.2, 0.25) is 5.13 Å². The second kappa shape index (κ2) is 5.15. The summed E-state index contributed by atoms with van der Waals surface area (Å²) in [6, 6.07) is 7.17. The minimum atomic E-state index is -0.256. The van der Waals surface area contributed by atoms with Crippen molar-refractivity contribution >= 4 is 44.9 Å². The number of nitrogens with zero attached hydrogens (tertiary/aromatic N) is 3. The SMILES string of the molecule is Cc1nc2ccc(Cl)cc2cc1C(=O)Nc1nncs1. The molecule has 1 N–H and O–H groups in total. The fourth-order valence-corrected chi connectivity index (χ4v) is 2.49. The Morgan fingerprint density at radius 2 is 2.20 bits per heavy atom. The number of aromatic nitrogens is 3. The van der Waals surface area contributed by atoms with E-state index < -0.39 is 0 Å². The summed E-state index contributed by atoms with van der Waals surface area (Å²) in [6.45, 7) is 1.79. The molecular weight excluding hydrogens is 296 g/mol. The zero-order valence-corrected chi connectivity index (χ0v) is 12.0. The molecule has 0 fully saturated rings. The fraction of sp³-hybridized carbons (Fsp3) is 0.0769. The predicted octanol–water partition coefficient (Wildman–Crippen LogP) is 3.30. The smallest absolute Gasteiger partial charge is 0.259 e. The van der Waals surface area contributed by atoms with Crippen molar-refractivity contribution < 1.29 is 4.79 Å². The zero-order valence-electron chi connectivity index (χ0n) is 10.4. The third-order valence-electron chi connectivity index (χ3n) is 2.79. The van der Waals surface area contributed by atoms with Crippen molar-refractivity contribution in [3.05, 3.63) is 46.1 Å². The standard InChI is InChI=1S/C13H9ClN4OS/c1-7-10(12(19)17-13-18-15-6-20-13)5-8-4-9(14)2-3-11(8)16-7/h2-6H,1H3,(H,17,18,19). The van der Waals surface area contributed by atoms with E-state index in [1.165, 1.54) is 11.3 Å². The first-order valence-corrected chi connectivity index (χ1v) is 7.03. The number of fused-ring (bicyclic) bond motifs is 1. The first-order chi connectivity index (χ1) is 9.63. The van der Waals surface area contributed by atoms with Gasteiger partial charge in [0.15, 0.2) is 0 Å². The van der Waals surface area contributed by atoms with Crippen molar-refractivity contribution in [3.8, 4) is 0 Å². The van der Waals surface area contributed by atoms with Crippen LogP contribution in [0.2, 0.25) is 5.02 Å². The Balaban J connectivity index is 2.02. The number of halogens is 1. The van der Waals surface area contributed by atoms with E-state index >= 15 is 0 Å². The van der Waals surface area contributed by atoms with Gasteiger partial charge in [0, 0.05) is 10.4 Å². The van der Waals surface area contributed by atoms with Crippen molar-refractivity contribution in [2.24, 2.45) is 0 Å². The molecule has 2 aromatic heterocycles. The van der Waals surface area contributed by atoms with Crippen molar-refractivity contribution in [3.63, 3.8) is 0 Å². The summed E-state index contributed by atoms with van der Waals surface area (Å²) in [5.74, 6) is -0.256. The summed E-state index contributed by atoms with van der Waals surface area (Å²) in [5.41, 5.74) is 3.51. The van der Waals surface area contributed by atoms with Gasteiger partial charge in [-0.05, 0) is 31.2 Å². The average molecular weight is 305 g/mol. The second-order valence-electron chi connectivity index (χ2n) is 4.16. The Bertz CT molecular complexity index is 788. The summed E-state index contributed by atoms with van der Waals surface area (Å²) < 4.78 is 0. The van der Waals surface area contributed by atoms with Gasteiger partial charge < -0.3 is 0 Å². The first-order valence-electron chi connectivity index (χ1n) is 5.78. The van der Waals surface area contributed by atoms with Crippen LogP contribution in [0.3, 0.4) is 0 Å². The van der Waals surface area contributed by atoms with Crippen LogP contribution in [0.15, 0.2) is 29.8 Å². The van der Waals surface area contributed by atoms with Crippen molar-refractivity contribution in [2.75, 3.05) is 5.32 Å². The molecular formula is C13H9ClN4OS. The molecule has 3 rings (SSSR count). The van der Waals surface area contributed by atoms with Crippen LogP contribution >= 0.6 is 22.9 Å². The zero-order chi connectivity index (χ0) is 14.1. The van der Waals surface area contributed by atoms with Gasteiger partial charge in [-0.2, -0.15) is 0 Å². The highest BCUT2D eigenvalue weighted by Crippen LogP contribution is 2.21. The van der Waals surface area contributed by atoms with Crippen LogP contribution in [-0.4, -0.2) is 21.1 Å². The molecule has 0 unspecified atom stereocenters. The maximum absolute atomic E-state index is 12.2. The maximum atomic E-state index is 12.2. The number of hydrogen-bond acceptors (Lipinski definition) is 5. The monoisotopic (exact) mass is 304 g/mol. The molecule has 0 aliphatic carbocycles. The average Bonchev–Trinajstić information content (AvgIpc) is 2.91. The van der Waals surface area contributed by atoms with E-state index in [0.717, 1.165) is 10.9 Å². The summed E-state index contributed by atoms with van der Waals surface area (Å²) in [5, 5.41) is 12.0. The lowest BCUT2D eigenvalue weighted by atomic mass is 10.1. The molecule has 5 nitrogen and oxygen atoms in total. The van der Waals surface area contributed by atoms with Gasteiger partial charge >= 0.3 is 0 Å². The second-order valence-corrected chi connectivity index (χ2v) is 5.43. The molecule has 0 aliphatic rings. The van der Waals surface area contributed by atoms with Crippen molar-refractivity contribution in [2.45, 2.75) is 6.92 Å². The van der Waals surface area contributed by atoms with Gasteiger partial charge in [-0.3, -0.25) is 15.1 Å². The van der Waals surface area contributed by atoms with E-state index in [0.29, 0.717) is 21.4 Å². The Kier molecular flexibility index (Phi) is 3.33. The lowest BCUT2D eigenvalue weighted by molar-refractivity contribution is 0.102. The molecule has 3 aromatic rings. The highest BCUT2D eigenvalue weighted by Gasteiger charge is 2.13. The number of carbonyl (C=O) groups is 1. The summed E-state index contributed by atoms with van der Waals surface area (Å²) in [7, 11) is 0. The Morgan fingerprint density at radius 3 is 2.95 bits per heavy atom. The lowest BCUT2D eigenvalue weighted by Crippen LogP contribution is -2.14. The molecule has 0 bridgehead atoms. The summed E-state index contributed by atoms with van der Waals surface area (Å²) in [6.07, 6.45) is 0.